The van der Waals surface area contributed by atoms with E-state index in [0.717, 1.165) is 28.6 Å². The van der Waals surface area contributed by atoms with Crippen molar-refractivity contribution >= 4 is 11.6 Å². The van der Waals surface area contributed by atoms with Crippen molar-refractivity contribution in [2.24, 2.45) is 11.7 Å². The molecule has 1 aliphatic carbocycles. The number of benzene rings is 2. The second-order valence-electron chi connectivity index (χ2n) is 9.82. The summed E-state index contributed by atoms with van der Waals surface area (Å²) >= 11 is 0. The lowest BCUT2D eigenvalue weighted by Crippen LogP contribution is -2.26. The molecule has 2 aliphatic rings. The Bertz CT molecular complexity index is 1140. The molecule has 2 heterocycles. The molecule has 1 atom stereocenters. The molecular formula is C28H35N5O. The zero-order valence-electron chi connectivity index (χ0n) is 20.0. The van der Waals surface area contributed by atoms with E-state index >= 15 is 0 Å². The van der Waals surface area contributed by atoms with Crippen molar-refractivity contribution in [3.8, 4) is 5.69 Å². The zero-order valence-corrected chi connectivity index (χ0v) is 20.0. The summed E-state index contributed by atoms with van der Waals surface area (Å²) < 4.78 is 1.70. The average Bonchev–Trinajstić information content (AvgIpc) is 3.35. The lowest BCUT2D eigenvalue weighted by atomic mass is 9.98. The number of hydrogen-bond acceptors (Lipinski definition) is 4. The van der Waals surface area contributed by atoms with Crippen LogP contribution in [0.4, 0.5) is 5.69 Å². The van der Waals surface area contributed by atoms with Gasteiger partial charge in [0.05, 0.1) is 11.4 Å². The summed E-state index contributed by atoms with van der Waals surface area (Å²) in [4.78, 5) is 16.0. The molecule has 1 amide bonds. The fourth-order valence-electron chi connectivity index (χ4n) is 5.11. The normalized spacial score (nSPS) is 17.1. The van der Waals surface area contributed by atoms with Gasteiger partial charge in [-0.05, 0) is 93.1 Å². The van der Waals surface area contributed by atoms with Crippen molar-refractivity contribution in [3.05, 3.63) is 77.1 Å². The number of hydrogen-bond donors (Lipinski definition) is 2. The molecule has 6 heteroatoms. The number of nitrogens with one attached hydrogen (secondary N) is 1. The molecule has 0 radical (unpaired) electrons. The fourth-order valence-corrected chi connectivity index (χ4v) is 5.11. The van der Waals surface area contributed by atoms with Crippen LogP contribution in [0.2, 0.25) is 0 Å². The smallest absolute Gasteiger partial charge is 0.274 e. The molecule has 1 saturated carbocycles. The molecule has 5 rings (SSSR count). The van der Waals surface area contributed by atoms with Crippen LogP contribution < -0.4 is 11.1 Å². The van der Waals surface area contributed by atoms with Crippen LogP contribution in [0.25, 0.3) is 5.69 Å². The van der Waals surface area contributed by atoms with Gasteiger partial charge in [0.2, 0.25) is 0 Å². The molecule has 3 N–H and O–H groups in total. The number of aryl methyl sites for hydroxylation is 1. The molecular weight excluding hydrogens is 422 g/mol. The Labute approximate surface area is 202 Å². The van der Waals surface area contributed by atoms with Crippen LogP contribution in [0, 0.1) is 12.8 Å². The van der Waals surface area contributed by atoms with Gasteiger partial charge in [0, 0.05) is 18.3 Å². The van der Waals surface area contributed by atoms with E-state index < -0.39 is 0 Å². The first kappa shape index (κ1) is 22.8. The standard InChI is InChI=1S/C28H35N5O/c1-20-16-27(33(31-20)25-9-4-6-22(17-25)19-29)28(34)30-24-8-5-7-23(18-24)26(13-12-21-10-11-21)32-14-2-3-15-32/h4-9,16-18,21,26H,2-3,10-15,19,29H2,1H3,(H,30,34). The van der Waals surface area contributed by atoms with Gasteiger partial charge in [-0.2, -0.15) is 5.10 Å². The van der Waals surface area contributed by atoms with E-state index in [-0.39, 0.29) is 5.91 Å². The van der Waals surface area contributed by atoms with Gasteiger partial charge < -0.3 is 11.1 Å². The third-order valence-electron chi connectivity index (χ3n) is 7.11. The van der Waals surface area contributed by atoms with Crippen LogP contribution >= 0.6 is 0 Å². The summed E-state index contributed by atoms with van der Waals surface area (Å²) in [6, 6.07) is 18.5. The van der Waals surface area contributed by atoms with Crippen LogP contribution in [0.5, 0.6) is 0 Å². The van der Waals surface area contributed by atoms with Crippen molar-refractivity contribution < 1.29 is 4.79 Å². The predicted molar refractivity (Wildman–Crippen MR) is 136 cm³/mol. The molecule has 2 fully saturated rings. The monoisotopic (exact) mass is 457 g/mol. The highest BCUT2D eigenvalue weighted by molar-refractivity contribution is 6.03. The Balaban J connectivity index is 1.36. The minimum atomic E-state index is -0.161. The average molecular weight is 458 g/mol. The van der Waals surface area contributed by atoms with Crippen LogP contribution in [0.1, 0.15) is 71.9 Å². The number of aromatic nitrogens is 2. The van der Waals surface area contributed by atoms with E-state index in [4.69, 9.17) is 5.73 Å². The van der Waals surface area contributed by atoms with Crippen LogP contribution in [-0.2, 0) is 6.54 Å². The first-order chi connectivity index (χ1) is 16.6. The first-order valence-electron chi connectivity index (χ1n) is 12.6. The Morgan fingerprint density at radius 2 is 1.91 bits per heavy atom. The van der Waals surface area contributed by atoms with Gasteiger partial charge in [0.15, 0.2) is 0 Å². The largest absolute Gasteiger partial charge is 0.326 e. The molecule has 34 heavy (non-hydrogen) atoms. The maximum atomic E-state index is 13.3. The molecule has 178 valence electrons. The van der Waals surface area contributed by atoms with Gasteiger partial charge in [-0.25, -0.2) is 4.68 Å². The van der Waals surface area contributed by atoms with Crippen LogP contribution in [0.15, 0.2) is 54.6 Å². The summed E-state index contributed by atoms with van der Waals surface area (Å²) in [5.74, 6) is 0.765. The minimum Gasteiger partial charge on any atom is -0.326 e. The Morgan fingerprint density at radius 1 is 1.12 bits per heavy atom. The van der Waals surface area contributed by atoms with E-state index in [1.807, 2.05) is 43.3 Å². The number of likely N-dealkylation sites (tertiary alicyclic amines) is 1. The predicted octanol–water partition coefficient (Wildman–Crippen LogP) is 5.22. The van der Waals surface area contributed by atoms with Gasteiger partial charge in [0.1, 0.15) is 5.69 Å². The highest BCUT2D eigenvalue weighted by Gasteiger charge is 2.28. The SMILES string of the molecule is Cc1cc(C(=O)Nc2cccc(C(CCC3CC3)N3CCCC3)c2)n(-c2cccc(CN)c2)n1. The molecule has 2 aromatic carbocycles. The fraction of sp³-hybridized carbons (Fsp3) is 0.429. The van der Waals surface area contributed by atoms with Crippen molar-refractivity contribution in [1.29, 1.82) is 0 Å². The number of carbonyl (C=O) groups excluding carboxylic acids is 1. The number of amides is 1. The zero-order chi connectivity index (χ0) is 23.5. The summed E-state index contributed by atoms with van der Waals surface area (Å²) in [7, 11) is 0. The van der Waals surface area contributed by atoms with E-state index in [1.54, 1.807) is 4.68 Å². The van der Waals surface area contributed by atoms with Crippen LogP contribution in [-0.4, -0.2) is 33.7 Å². The molecule has 1 aliphatic heterocycles. The van der Waals surface area contributed by atoms with Gasteiger partial charge >= 0.3 is 0 Å². The third-order valence-corrected chi connectivity index (χ3v) is 7.11. The number of nitrogens with zero attached hydrogens (tertiary/aromatic N) is 3. The van der Waals surface area contributed by atoms with Crippen LogP contribution in [0.3, 0.4) is 0 Å². The third kappa shape index (κ3) is 5.24. The maximum Gasteiger partial charge on any atom is 0.274 e. The summed E-state index contributed by atoms with van der Waals surface area (Å²) in [6.07, 6.45) is 7.86. The topological polar surface area (TPSA) is 76.2 Å². The molecule has 3 aromatic rings. The first-order valence-corrected chi connectivity index (χ1v) is 12.6. The highest BCUT2D eigenvalue weighted by Crippen LogP contribution is 2.38. The molecule has 1 unspecified atom stereocenters. The van der Waals surface area contributed by atoms with Crippen molar-refractivity contribution in [1.82, 2.24) is 14.7 Å². The summed E-state index contributed by atoms with van der Waals surface area (Å²) in [6.45, 7) is 4.70. The van der Waals surface area contributed by atoms with Crippen molar-refractivity contribution in [2.45, 2.75) is 58.0 Å². The van der Waals surface area contributed by atoms with E-state index in [1.165, 1.54) is 57.2 Å². The van der Waals surface area contributed by atoms with E-state index in [9.17, 15) is 4.79 Å². The molecule has 1 saturated heterocycles. The second-order valence-corrected chi connectivity index (χ2v) is 9.82. The van der Waals surface area contributed by atoms with Gasteiger partial charge in [-0.1, -0.05) is 37.1 Å². The Morgan fingerprint density at radius 3 is 2.68 bits per heavy atom. The van der Waals surface area contributed by atoms with E-state index in [0.29, 0.717) is 18.3 Å². The lowest BCUT2D eigenvalue weighted by molar-refractivity contribution is 0.101. The van der Waals surface area contributed by atoms with Gasteiger partial charge in [-0.15, -0.1) is 0 Å². The number of rotatable bonds is 9. The van der Waals surface area contributed by atoms with Crippen molar-refractivity contribution in [3.63, 3.8) is 0 Å². The molecule has 0 spiro atoms. The van der Waals surface area contributed by atoms with Gasteiger partial charge in [0.25, 0.3) is 5.91 Å². The summed E-state index contributed by atoms with van der Waals surface area (Å²) in [5.41, 5.74) is 11.1. The minimum absolute atomic E-state index is 0.161. The quantitative estimate of drug-likeness (QED) is 0.462. The highest BCUT2D eigenvalue weighted by atomic mass is 16.2. The second kappa shape index (κ2) is 10.1. The Hall–Kier alpha value is -2.96. The number of anilines is 1. The lowest BCUT2D eigenvalue weighted by Gasteiger charge is -2.28. The number of carbonyl (C=O) groups is 1. The molecule has 0 bridgehead atoms. The van der Waals surface area contributed by atoms with Crippen molar-refractivity contribution in [2.75, 3.05) is 18.4 Å². The molecule has 6 nitrogen and oxygen atoms in total. The summed E-state index contributed by atoms with van der Waals surface area (Å²) in [5, 5.41) is 7.70. The van der Waals surface area contributed by atoms with E-state index in [2.05, 4.69) is 33.5 Å². The van der Waals surface area contributed by atoms with Gasteiger partial charge in [-0.3, -0.25) is 9.69 Å². The number of nitrogens with two attached hydrogens (primary N) is 1. The maximum absolute atomic E-state index is 13.3. The Kier molecular flexibility index (Phi) is 6.79. The molecule has 1 aromatic heterocycles.